The van der Waals surface area contributed by atoms with Crippen molar-refractivity contribution in [3.05, 3.63) is 40.1 Å². The van der Waals surface area contributed by atoms with Crippen LogP contribution in [-0.2, 0) is 19.4 Å². The first-order valence-electron chi connectivity index (χ1n) is 7.12. The summed E-state index contributed by atoms with van der Waals surface area (Å²) in [5.41, 5.74) is 1.15. The van der Waals surface area contributed by atoms with Crippen molar-refractivity contribution >= 4 is 17.2 Å². The van der Waals surface area contributed by atoms with Gasteiger partial charge in [0.1, 0.15) is 5.82 Å². The van der Waals surface area contributed by atoms with Crippen LogP contribution in [0.5, 0.6) is 0 Å². The van der Waals surface area contributed by atoms with Crippen LogP contribution in [0.1, 0.15) is 34.4 Å². The third-order valence-electron chi connectivity index (χ3n) is 3.92. The average molecular weight is 289 g/mol. The Bertz CT molecular complexity index is 602. The number of amides is 1. The van der Waals surface area contributed by atoms with Crippen molar-refractivity contribution in [2.24, 2.45) is 5.92 Å². The van der Waals surface area contributed by atoms with Gasteiger partial charge >= 0.3 is 0 Å². The molecule has 0 aromatic carbocycles. The number of rotatable bonds is 4. The first kappa shape index (κ1) is 13.4. The Morgan fingerprint density at radius 3 is 3.35 bits per heavy atom. The van der Waals surface area contributed by atoms with Crippen molar-refractivity contribution in [3.63, 3.8) is 0 Å². The number of hydrogen-bond acceptors (Lipinski definition) is 3. The SMILES string of the molecule is CCc1ccsc1C(=O)NC[C@H]1CCc2nccn2C1. The zero-order chi connectivity index (χ0) is 13.9. The molecule has 5 heteroatoms. The van der Waals surface area contributed by atoms with Gasteiger partial charge in [0.05, 0.1) is 4.88 Å². The number of nitrogens with one attached hydrogen (secondary N) is 1. The number of imidazole rings is 1. The van der Waals surface area contributed by atoms with Crippen LogP contribution in [-0.4, -0.2) is 22.0 Å². The largest absolute Gasteiger partial charge is 0.351 e. The Morgan fingerprint density at radius 2 is 2.50 bits per heavy atom. The van der Waals surface area contributed by atoms with E-state index in [0.29, 0.717) is 5.92 Å². The molecule has 1 aliphatic heterocycles. The highest BCUT2D eigenvalue weighted by Gasteiger charge is 2.20. The number of aryl methyl sites for hydroxylation is 2. The molecular weight excluding hydrogens is 270 g/mol. The van der Waals surface area contributed by atoms with E-state index in [2.05, 4.69) is 21.8 Å². The Hall–Kier alpha value is -1.62. The van der Waals surface area contributed by atoms with Gasteiger partial charge in [0.15, 0.2) is 0 Å². The number of thiophene rings is 1. The molecule has 3 heterocycles. The lowest BCUT2D eigenvalue weighted by Gasteiger charge is -2.23. The number of nitrogens with zero attached hydrogens (tertiary/aromatic N) is 2. The molecule has 0 spiro atoms. The average Bonchev–Trinajstić information content (AvgIpc) is 3.12. The summed E-state index contributed by atoms with van der Waals surface area (Å²) in [6.07, 6.45) is 6.90. The summed E-state index contributed by atoms with van der Waals surface area (Å²) in [6.45, 7) is 3.79. The smallest absolute Gasteiger partial charge is 0.261 e. The lowest BCUT2D eigenvalue weighted by molar-refractivity contribution is 0.0947. The second-order valence-electron chi connectivity index (χ2n) is 5.24. The highest BCUT2D eigenvalue weighted by atomic mass is 32.1. The predicted molar refractivity (Wildman–Crippen MR) is 80.1 cm³/mol. The van der Waals surface area contributed by atoms with Crippen molar-refractivity contribution in [3.8, 4) is 0 Å². The van der Waals surface area contributed by atoms with Crippen LogP contribution >= 0.6 is 11.3 Å². The maximum absolute atomic E-state index is 12.2. The fourth-order valence-electron chi connectivity index (χ4n) is 2.73. The van der Waals surface area contributed by atoms with E-state index in [0.717, 1.165) is 42.8 Å². The summed E-state index contributed by atoms with van der Waals surface area (Å²) in [5, 5.41) is 5.08. The Morgan fingerprint density at radius 1 is 1.60 bits per heavy atom. The molecule has 0 saturated heterocycles. The molecule has 1 amide bonds. The fourth-order valence-corrected chi connectivity index (χ4v) is 3.65. The molecule has 4 nitrogen and oxygen atoms in total. The number of hydrogen-bond donors (Lipinski definition) is 1. The third kappa shape index (κ3) is 2.63. The summed E-state index contributed by atoms with van der Waals surface area (Å²) >= 11 is 1.53. The molecule has 1 N–H and O–H groups in total. The first-order chi connectivity index (χ1) is 9.78. The standard InChI is InChI=1S/C15H19N3OS/c1-2-12-5-8-20-14(12)15(19)17-9-11-3-4-13-16-6-7-18(13)10-11/h5-8,11H,2-4,9-10H2,1H3,(H,17,19)/t11-/m1/s1. The van der Waals surface area contributed by atoms with Gasteiger partial charge in [-0.15, -0.1) is 11.3 Å². The van der Waals surface area contributed by atoms with Crippen molar-refractivity contribution in [1.82, 2.24) is 14.9 Å². The molecule has 0 radical (unpaired) electrons. The first-order valence-corrected chi connectivity index (χ1v) is 8.00. The van der Waals surface area contributed by atoms with E-state index in [1.807, 2.05) is 23.8 Å². The Balaban J connectivity index is 1.57. The zero-order valence-electron chi connectivity index (χ0n) is 11.6. The molecule has 0 unspecified atom stereocenters. The lowest BCUT2D eigenvalue weighted by Crippen LogP contribution is -2.33. The molecule has 0 bridgehead atoms. The quantitative estimate of drug-likeness (QED) is 0.940. The maximum Gasteiger partial charge on any atom is 0.261 e. The summed E-state index contributed by atoms with van der Waals surface area (Å²) in [4.78, 5) is 17.4. The fraction of sp³-hybridized carbons (Fsp3) is 0.467. The van der Waals surface area contributed by atoms with Crippen LogP contribution in [0.4, 0.5) is 0 Å². The van der Waals surface area contributed by atoms with Gasteiger partial charge in [0, 0.05) is 31.9 Å². The lowest BCUT2D eigenvalue weighted by atomic mass is 9.99. The molecule has 1 aliphatic rings. The van der Waals surface area contributed by atoms with Crippen molar-refractivity contribution in [2.75, 3.05) is 6.54 Å². The molecule has 20 heavy (non-hydrogen) atoms. The zero-order valence-corrected chi connectivity index (χ0v) is 12.4. The summed E-state index contributed by atoms with van der Waals surface area (Å²) < 4.78 is 2.20. The molecular formula is C15H19N3OS. The molecule has 0 saturated carbocycles. The van der Waals surface area contributed by atoms with E-state index in [-0.39, 0.29) is 5.91 Å². The van der Waals surface area contributed by atoms with E-state index in [1.165, 1.54) is 17.2 Å². The Labute approximate surface area is 122 Å². The van der Waals surface area contributed by atoms with Gasteiger partial charge in [-0.3, -0.25) is 4.79 Å². The number of aromatic nitrogens is 2. The number of fused-ring (bicyclic) bond motifs is 1. The van der Waals surface area contributed by atoms with E-state index < -0.39 is 0 Å². The molecule has 106 valence electrons. The van der Waals surface area contributed by atoms with Crippen molar-refractivity contribution in [2.45, 2.75) is 32.7 Å². The molecule has 0 fully saturated rings. The van der Waals surface area contributed by atoms with E-state index in [4.69, 9.17) is 0 Å². The van der Waals surface area contributed by atoms with Crippen LogP contribution in [0.15, 0.2) is 23.8 Å². The van der Waals surface area contributed by atoms with Crippen LogP contribution in [0, 0.1) is 5.92 Å². The van der Waals surface area contributed by atoms with Crippen molar-refractivity contribution in [1.29, 1.82) is 0 Å². The minimum atomic E-state index is 0.0771. The molecule has 2 aromatic heterocycles. The van der Waals surface area contributed by atoms with Gasteiger partial charge in [-0.05, 0) is 35.8 Å². The molecule has 0 aliphatic carbocycles. The van der Waals surface area contributed by atoms with E-state index in [1.54, 1.807) is 0 Å². The van der Waals surface area contributed by atoms with Gasteiger partial charge < -0.3 is 9.88 Å². The Kier molecular flexibility index (Phi) is 3.87. The molecule has 1 atom stereocenters. The third-order valence-corrected chi connectivity index (χ3v) is 4.87. The second kappa shape index (κ2) is 5.79. The van der Waals surface area contributed by atoms with Crippen LogP contribution < -0.4 is 5.32 Å². The van der Waals surface area contributed by atoms with Crippen LogP contribution in [0.25, 0.3) is 0 Å². The van der Waals surface area contributed by atoms with E-state index in [9.17, 15) is 4.79 Å². The highest BCUT2D eigenvalue weighted by Crippen LogP contribution is 2.20. The topological polar surface area (TPSA) is 46.9 Å². The molecule has 3 rings (SSSR count). The van der Waals surface area contributed by atoms with Gasteiger partial charge in [-0.1, -0.05) is 6.92 Å². The maximum atomic E-state index is 12.2. The summed E-state index contributed by atoms with van der Waals surface area (Å²) in [6, 6.07) is 2.04. The molecule has 2 aromatic rings. The highest BCUT2D eigenvalue weighted by molar-refractivity contribution is 7.12. The van der Waals surface area contributed by atoms with E-state index >= 15 is 0 Å². The van der Waals surface area contributed by atoms with Crippen LogP contribution in [0.2, 0.25) is 0 Å². The van der Waals surface area contributed by atoms with Crippen molar-refractivity contribution < 1.29 is 4.79 Å². The minimum absolute atomic E-state index is 0.0771. The summed E-state index contributed by atoms with van der Waals surface area (Å²) in [5.74, 6) is 1.75. The van der Waals surface area contributed by atoms with Gasteiger partial charge in [-0.2, -0.15) is 0 Å². The minimum Gasteiger partial charge on any atom is -0.351 e. The number of carbonyl (C=O) groups excluding carboxylic acids is 1. The number of carbonyl (C=O) groups is 1. The van der Waals surface area contributed by atoms with Crippen LogP contribution in [0.3, 0.4) is 0 Å². The van der Waals surface area contributed by atoms with Gasteiger partial charge in [0.25, 0.3) is 5.91 Å². The predicted octanol–water partition coefficient (Wildman–Crippen LogP) is 2.50. The van der Waals surface area contributed by atoms with Gasteiger partial charge in [0.2, 0.25) is 0 Å². The monoisotopic (exact) mass is 289 g/mol. The summed E-state index contributed by atoms with van der Waals surface area (Å²) in [7, 11) is 0. The van der Waals surface area contributed by atoms with Gasteiger partial charge in [-0.25, -0.2) is 4.98 Å². The second-order valence-corrected chi connectivity index (χ2v) is 6.16. The normalized spacial score (nSPS) is 17.8.